The number of rotatable bonds is 2. The summed E-state index contributed by atoms with van der Waals surface area (Å²) in [6.45, 7) is 4.03. The van der Waals surface area contributed by atoms with Crippen LogP contribution in [-0.4, -0.2) is 11.7 Å². The number of aryl methyl sites for hydroxylation is 2. The van der Waals surface area contributed by atoms with Gasteiger partial charge in [-0.3, -0.25) is 0 Å². The van der Waals surface area contributed by atoms with Crippen molar-refractivity contribution in [2.24, 2.45) is 5.73 Å². The second kappa shape index (κ2) is 3.70. The molecule has 2 heteroatoms. The normalized spacial score (nSPS) is 13.0. The predicted octanol–water partition coefficient (Wildman–Crippen LogP) is 1.30. The van der Waals surface area contributed by atoms with Gasteiger partial charge in [0.25, 0.3) is 0 Å². The quantitative estimate of drug-likeness (QED) is 0.693. The zero-order valence-corrected chi connectivity index (χ0v) is 7.54. The topological polar surface area (TPSA) is 46.2 Å². The summed E-state index contributed by atoms with van der Waals surface area (Å²) in [4.78, 5) is 0. The maximum atomic E-state index is 8.88. The molecule has 0 fully saturated rings. The Morgan fingerprint density at radius 3 is 2.67 bits per heavy atom. The van der Waals surface area contributed by atoms with E-state index < -0.39 is 0 Å². The molecule has 0 amide bonds. The van der Waals surface area contributed by atoms with Crippen molar-refractivity contribution in [2.75, 3.05) is 6.61 Å². The van der Waals surface area contributed by atoms with Gasteiger partial charge in [0.2, 0.25) is 0 Å². The predicted molar refractivity (Wildman–Crippen MR) is 49.9 cm³/mol. The SMILES string of the molecule is Cc1ccc(C)c([C@H](N)CO)c1. The molecule has 0 radical (unpaired) electrons. The minimum Gasteiger partial charge on any atom is -0.394 e. The van der Waals surface area contributed by atoms with E-state index in [9.17, 15) is 0 Å². The van der Waals surface area contributed by atoms with Crippen molar-refractivity contribution in [2.45, 2.75) is 19.9 Å². The van der Waals surface area contributed by atoms with E-state index in [0.717, 1.165) is 11.1 Å². The van der Waals surface area contributed by atoms with Crippen LogP contribution in [0.4, 0.5) is 0 Å². The average Bonchev–Trinajstić information content (AvgIpc) is 2.08. The van der Waals surface area contributed by atoms with Gasteiger partial charge in [0.1, 0.15) is 0 Å². The number of benzene rings is 1. The van der Waals surface area contributed by atoms with Gasteiger partial charge >= 0.3 is 0 Å². The third-order valence-electron chi connectivity index (χ3n) is 2.03. The molecule has 0 aliphatic carbocycles. The highest BCUT2D eigenvalue weighted by Gasteiger charge is 2.06. The molecule has 1 aromatic carbocycles. The van der Waals surface area contributed by atoms with Crippen LogP contribution in [0.15, 0.2) is 18.2 Å². The van der Waals surface area contributed by atoms with Gasteiger partial charge in [-0.15, -0.1) is 0 Å². The Hall–Kier alpha value is -0.860. The van der Waals surface area contributed by atoms with Gasteiger partial charge in [-0.2, -0.15) is 0 Å². The Balaban J connectivity index is 3.04. The van der Waals surface area contributed by atoms with E-state index >= 15 is 0 Å². The number of aliphatic hydroxyl groups excluding tert-OH is 1. The van der Waals surface area contributed by atoms with Crippen LogP contribution in [0.1, 0.15) is 22.7 Å². The van der Waals surface area contributed by atoms with Gasteiger partial charge in [0.05, 0.1) is 12.6 Å². The van der Waals surface area contributed by atoms with Crippen LogP contribution in [0.2, 0.25) is 0 Å². The van der Waals surface area contributed by atoms with Crippen LogP contribution in [0.3, 0.4) is 0 Å². The van der Waals surface area contributed by atoms with Gasteiger partial charge in [0.15, 0.2) is 0 Å². The first-order valence-electron chi connectivity index (χ1n) is 4.08. The van der Waals surface area contributed by atoms with Crippen molar-refractivity contribution in [3.8, 4) is 0 Å². The zero-order chi connectivity index (χ0) is 9.14. The molecule has 12 heavy (non-hydrogen) atoms. The molecule has 1 atom stereocenters. The van der Waals surface area contributed by atoms with Crippen molar-refractivity contribution in [1.29, 1.82) is 0 Å². The summed E-state index contributed by atoms with van der Waals surface area (Å²) in [6, 6.07) is 5.85. The summed E-state index contributed by atoms with van der Waals surface area (Å²) in [5.74, 6) is 0. The molecule has 66 valence electrons. The molecule has 0 aliphatic rings. The molecule has 1 aromatic rings. The average molecular weight is 165 g/mol. The van der Waals surface area contributed by atoms with E-state index in [1.165, 1.54) is 5.56 Å². The van der Waals surface area contributed by atoms with Gasteiger partial charge in [0, 0.05) is 0 Å². The van der Waals surface area contributed by atoms with Crippen molar-refractivity contribution >= 4 is 0 Å². The summed E-state index contributed by atoms with van der Waals surface area (Å²) in [6.07, 6.45) is 0. The lowest BCUT2D eigenvalue weighted by Gasteiger charge is -2.12. The van der Waals surface area contributed by atoms with Gasteiger partial charge in [-0.05, 0) is 25.0 Å². The van der Waals surface area contributed by atoms with Gasteiger partial charge in [-0.25, -0.2) is 0 Å². The Labute approximate surface area is 73.0 Å². The highest BCUT2D eigenvalue weighted by molar-refractivity contribution is 5.32. The Bertz CT molecular complexity index is 271. The first kappa shape index (κ1) is 9.23. The molecule has 0 spiro atoms. The van der Waals surface area contributed by atoms with Crippen molar-refractivity contribution in [3.63, 3.8) is 0 Å². The number of aliphatic hydroxyl groups is 1. The molecule has 0 bridgehead atoms. The van der Waals surface area contributed by atoms with E-state index in [2.05, 4.69) is 0 Å². The Kier molecular flexibility index (Phi) is 2.84. The summed E-state index contributed by atoms with van der Waals surface area (Å²) in [5.41, 5.74) is 9.07. The summed E-state index contributed by atoms with van der Waals surface area (Å²) in [7, 11) is 0. The molecule has 1 rings (SSSR count). The fraction of sp³-hybridized carbons (Fsp3) is 0.400. The highest BCUT2D eigenvalue weighted by Crippen LogP contribution is 2.16. The van der Waals surface area contributed by atoms with E-state index in [1.54, 1.807) is 0 Å². The summed E-state index contributed by atoms with van der Waals surface area (Å²) < 4.78 is 0. The number of hydrogen-bond donors (Lipinski definition) is 2. The molecule has 0 unspecified atom stereocenters. The Morgan fingerprint density at radius 1 is 1.42 bits per heavy atom. The second-order valence-corrected chi connectivity index (χ2v) is 3.15. The van der Waals surface area contributed by atoms with E-state index in [-0.39, 0.29) is 12.6 Å². The van der Waals surface area contributed by atoms with E-state index in [0.29, 0.717) is 0 Å². The first-order valence-corrected chi connectivity index (χ1v) is 4.08. The minimum atomic E-state index is -0.245. The second-order valence-electron chi connectivity index (χ2n) is 3.15. The molecule has 0 saturated heterocycles. The molecule has 0 saturated carbocycles. The van der Waals surface area contributed by atoms with Crippen LogP contribution < -0.4 is 5.73 Å². The molecule has 2 nitrogen and oxygen atoms in total. The third kappa shape index (κ3) is 1.84. The van der Waals surface area contributed by atoms with Gasteiger partial charge < -0.3 is 10.8 Å². The van der Waals surface area contributed by atoms with Crippen LogP contribution >= 0.6 is 0 Å². The smallest absolute Gasteiger partial charge is 0.0624 e. The number of hydrogen-bond acceptors (Lipinski definition) is 2. The fourth-order valence-electron chi connectivity index (χ4n) is 1.26. The molecule has 0 aliphatic heterocycles. The molecular formula is C10H15NO. The van der Waals surface area contributed by atoms with Crippen molar-refractivity contribution < 1.29 is 5.11 Å². The minimum absolute atomic E-state index is 0.00426. The maximum Gasteiger partial charge on any atom is 0.0624 e. The fourth-order valence-corrected chi connectivity index (χ4v) is 1.26. The highest BCUT2D eigenvalue weighted by atomic mass is 16.3. The van der Waals surface area contributed by atoms with E-state index in [1.807, 2.05) is 32.0 Å². The summed E-state index contributed by atoms with van der Waals surface area (Å²) >= 11 is 0. The Morgan fingerprint density at radius 2 is 2.08 bits per heavy atom. The monoisotopic (exact) mass is 165 g/mol. The molecule has 3 N–H and O–H groups in total. The van der Waals surface area contributed by atoms with Crippen LogP contribution in [0.25, 0.3) is 0 Å². The molecule has 0 heterocycles. The van der Waals surface area contributed by atoms with Crippen LogP contribution in [-0.2, 0) is 0 Å². The molecular weight excluding hydrogens is 150 g/mol. The largest absolute Gasteiger partial charge is 0.394 e. The van der Waals surface area contributed by atoms with Gasteiger partial charge in [-0.1, -0.05) is 23.8 Å². The zero-order valence-electron chi connectivity index (χ0n) is 7.54. The molecule has 0 aromatic heterocycles. The van der Waals surface area contributed by atoms with Crippen molar-refractivity contribution in [3.05, 3.63) is 34.9 Å². The lowest BCUT2D eigenvalue weighted by Crippen LogP contribution is -2.15. The van der Waals surface area contributed by atoms with Crippen LogP contribution in [0, 0.1) is 13.8 Å². The van der Waals surface area contributed by atoms with Crippen molar-refractivity contribution in [1.82, 2.24) is 0 Å². The van der Waals surface area contributed by atoms with Crippen LogP contribution in [0.5, 0.6) is 0 Å². The third-order valence-corrected chi connectivity index (χ3v) is 2.03. The summed E-state index contributed by atoms with van der Waals surface area (Å²) in [5, 5.41) is 8.88. The first-order chi connectivity index (χ1) is 5.65. The maximum absolute atomic E-state index is 8.88. The lowest BCUT2D eigenvalue weighted by molar-refractivity contribution is 0.267. The van der Waals surface area contributed by atoms with E-state index in [4.69, 9.17) is 10.8 Å². The lowest BCUT2D eigenvalue weighted by atomic mass is 10.0. The standard InChI is InChI=1S/C10H15NO/c1-7-3-4-8(2)9(5-7)10(11)6-12/h3-5,10,12H,6,11H2,1-2H3/t10-/m1/s1. The number of nitrogens with two attached hydrogens (primary N) is 1.